The summed E-state index contributed by atoms with van der Waals surface area (Å²) in [5, 5.41) is 0. The molecule has 0 aliphatic carbocycles. The summed E-state index contributed by atoms with van der Waals surface area (Å²) < 4.78 is 2.04. The van der Waals surface area contributed by atoms with E-state index in [9.17, 15) is 0 Å². The van der Waals surface area contributed by atoms with Gasteiger partial charge in [0.25, 0.3) is 0 Å². The first kappa shape index (κ1) is 26.4. The van der Waals surface area contributed by atoms with Crippen molar-refractivity contribution in [3.05, 3.63) is 164 Å². The molecule has 0 N–H and O–H groups in total. The predicted octanol–water partition coefficient (Wildman–Crippen LogP) is 9.52. The molecule has 5 aromatic carbocycles. The zero-order valence-corrected chi connectivity index (χ0v) is 24.3. The molecule has 0 fully saturated rings. The number of benzene rings is 5. The second-order valence-electron chi connectivity index (χ2n) is 10.9. The van der Waals surface area contributed by atoms with Gasteiger partial charge < -0.3 is 4.40 Å². The van der Waals surface area contributed by atoms with Crippen LogP contribution in [-0.4, -0.2) is 24.3 Å². The Morgan fingerprint density at radius 1 is 0.333 bits per heavy atom. The summed E-state index contributed by atoms with van der Waals surface area (Å²) in [4.78, 5) is 19.3. The molecular formula is C40H27N5. The molecule has 0 saturated carbocycles. The van der Waals surface area contributed by atoms with E-state index in [-0.39, 0.29) is 0 Å². The third-order valence-corrected chi connectivity index (χ3v) is 7.92. The van der Waals surface area contributed by atoms with Crippen LogP contribution in [0.2, 0.25) is 0 Å². The molecule has 0 spiro atoms. The van der Waals surface area contributed by atoms with Crippen LogP contribution < -0.4 is 0 Å². The number of aromatic nitrogens is 5. The van der Waals surface area contributed by atoms with Gasteiger partial charge in [0, 0.05) is 34.6 Å². The van der Waals surface area contributed by atoms with Crippen molar-refractivity contribution in [1.29, 1.82) is 0 Å². The number of hydrogen-bond acceptors (Lipinski definition) is 4. The number of rotatable bonds is 6. The van der Waals surface area contributed by atoms with E-state index in [0.717, 1.165) is 55.8 Å². The minimum atomic E-state index is 0.647. The minimum absolute atomic E-state index is 0.647. The lowest BCUT2D eigenvalue weighted by Gasteiger charge is -2.10. The molecule has 0 amide bonds. The fraction of sp³-hybridized carbons (Fsp3) is 0. The van der Waals surface area contributed by atoms with Crippen LogP contribution in [0.1, 0.15) is 0 Å². The largest absolute Gasteiger partial charge is 0.306 e. The SMILES string of the molecule is c1ccc(-c2nc(-c3ccccc3)nc(-c3ccc(-c4cccc(-c5ccc(-c6cn7ccccc7n6)cc5)c4)cc3)n2)cc1. The number of imidazole rings is 1. The van der Waals surface area contributed by atoms with Crippen molar-refractivity contribution in [2.45, 2.75) is 0 Å². The summed E-state index contributed by atoms with van der Waals surface area (Å²) >= 11 is 0. The normalized spacial score (nSPS) is 11.1. The highest BCUT2D eigenvalue weighted by Crippen LogP contribution is 2.30. The summed E-state index contributed by atoms with van der Waals surface area (Å²) in [7, 11) is 0. The van der Waals surface area contributed by atoms with Gasteiger partial charge in [-0.3, -0.25) is 0 Å². The highest BCUT2D eigenvalue weighted by atomic mass is 15.0. The standard InChI is InChI=1S/C40H27N5/c1-3-10-31(11-4-1)38-42-39(32-12-5-2-6-13-32)44-40(43-38)33-23-19-29(20-24-33)35-15-9-14-34(26-35)28-17-21-30(22-18-28)36-27-45-25-8-7-16-37(45)41-36/h1-27H. The molecule has 0 unspecified atom stereocenters. The van der Waals surface area contributed by atoms with Crippen LogP contribution >= 0.6 is 0 Å². The topological polar surface area (TPSA) is 56.0 Å². The first-order chi connectivity index (χ1) is 22.3. The zero-order valence-electron chi connectivity index (χ0n) is 24.3. The first-order valence-corrected chi connectivity index (χ1v) is 14.9. The van der Waals surface area contributed by atoms with Crippen molar-refractivity contribution >= 4 is 5.65 Å². The molecule has 0 atom stereocenters. The number of fused-ring (bicyclic) bond motifs is 1. The smallest absolute Gasteiger partial charge is 0.164 e. The van der Waals surface area contributed by atoms with E-state index in [1.165, 1.54) is 0 Å². The van der Waals surface area contributed by atoms with E-state index in [4.69, 9.17) is 19.9 Å². The Morgan fingerprint density at radius 3 is 1.31 bits per heavy atom. The van der Waals surface area contributed by atoms with Gasteiger partial charge in [-0.2, -0.15) is 0 Å². The predicted molar refractivity (Wildman–Crippen MR) is 181 cm³/mol. The molecule has 0 bridgehead atoms. The van der Waals surface area contributed by atoms with Gasteiger partial charge in [-0.1, -0.05) is 133 Å². The molecule has 0 aliphatic rings. The van der Waals surface area contributed by atoms with E-state index in [1.807, 2.05) is 89.5 Å². The van der Waals surface area contributed by atoms with Crippen molar-refractivity contribution in [3.63, 3.8) is 0 Å². The third-order valence-electron chi connectivity index (χ3n) is 7.92. The maximum absolute atomic E-state index is 4.87. The molecule has 8 rings (SSSR count). The Balaban J connectivity index is 1.08. The molecule has 0 aliphatic heterocycles. The molecule has 5 heteroatoms. The van der Waals surface area contributed by atoms with E-state index in [0.29, 0.717) is 17.5 Å². The van der Waals surface area contributed by atoms with Crippen molar-refractivity contribution < 1.29 is 0 Å². The van der Waals surface area contributed by atoms with Gasteiger partial charge >= 0.3 is 0 Å². The lowest BCUT2D eigenvalue weighted by atomic mass is 9.97. The Hall–Kier alpha value is -6.20. The molecule has 5 nitrogen and oxygen atoms in total. The van der Waals surface area contributed by atoms with E-state index < -0.39 is 0 Å². The van der Waals surface area contributed by atoms with Crippen LogP contribution in [0.5, 0.6) is 0 Å². The van der Waals surface area contributed by atoms with Crippen LogP contribution in [0.4, 0.5) is 0 Å². The van der Waals surface area contributed by atoms with Crippen molar-refractivity contribution in [3.8, 4) is 67.7 Å². The minimum Gasteiger partial charge on any atom is -0.306 e. The first-order valence-electron chi connectivity index (χ1n) is 14.9. The maximum Gasteiger partial charge on any atom is 0.164 e. The molecule has 212 valence electrons. The second kappa shape index (κ2) is 11.5. The van der Waals surface area contributed by atoms with Gasteiger partial charge in [-0.25, -0.2) is 19.9 Å². The third kappa shape index (κ3) is 5.39. The summed E-state index contributed by atoms with van der Waals surface area (Å²) in [5.41, 5.74) is 10.5. The molecule has 0 saturated heterocycles. The average Bonchev–Trinajstić information content (AvgIpc) is 3.57. The van der Waals surface area contributed by atoms with Gasteiger partial charge in [0.2, 0.25) is 0 Å². The van der Waals surface area contributed by atoms with Crippen LogP contribution in [0.3, 0.4) is 0 Å². The highest BCUT2D eigenvalue weighted by molar-refractivity contribution is 5.76. The summed E-state index contributed by atoms with van der Waals surface area (Å²) in [5.74, 6) is 1.96. The van der Waals surface area contributed by atoms with Gasteiger partial charge in [-0.15, -0.1) is 0 Å². The van der Waals surface area contributed by atoms with E-state index >= 15 is 0 Å². The van der Waals surface area contributed by atoms with Gasteiger partial charge in [-0.05, 0) is 40.5 Å². The molecule has 0 radical (unpaired) electrons. The Kier molecular flexibility index (Phi) is 6.74. The summed E-state index contributed by atoms with van der Waals surface area (Å²) in [6.45, 7) is 0. The maximum atomic E-state index is 4.87. The van der Waals surface area contributed by atoms with Crippen molar-refractivity contribution in [1.82, 2.24) is 24.3 Å². The van der Waals surface area contributed by atoms with Gasteiger partial charge in [0.15, 0.2) is 17.5 Å². The fourth-order valence-electron chi connectivity index (χ4n) is 5.53. The van der Waals surface area contributed by atoms with Crippen LogP contribution in [0.25, 0.3) is 73.3 Å². The van der Waals surface area contributed by atoms with E-state index in [2.05, 4.69) is 79.0 Å². The van der Waals surface area contributed by atoms with Gasteiger partial charge in [0.1, 0.15) is 5.65 Å². The Bertz CT molecular complexity index is 2150. The number of pyridine rings is 1. The number of nitrogens with zero attached hydrogens (tertiary/aromatic N) is 5. The molecule has 3 heterocycles. The van der Waals surface area contributed by atoms with Crippen LogP contribution in [0.15, 0.2) is 164 Å². The van der Waals surface area contributed by atoms with Crippen LogP contribution in [0, 0.1) is 0 Å². The zero-order chi connectivity index (χ0) is 30.0. The monoisotopic (exact) mass is 577 g/mol. The summed E-state index contributed by atoms with van der Waals surface area (Å²) in [6, 6.07) is 51.8. The number of hydrogen-bond donors (Lipinski definition) is 0. The molecule has 8 aromatic rings. The van der Waals surface area contributed by atoms with E-state index in [1.54, 1.807) is 0 Å². The van der Waals surface area contributed by atoms with Gasteiger partial charge in [0.05, 0.1) is 5.69 Å². The Morgan fingerprint density at radius 2 is 0.778 bits per heavy atom. The molecule has 3 aromatic heterocycles. The molecular weight excluding hydrogens is 550 g/mol. The van der Waals surface area contributed by atoms with Crippen molar-refractivity contribution in [2.75, 3.05) is 0 Å². The lowest BCUT2D eigenvalue weighted by molar-refractivity contribution is 1.07. The van der Waals surface area contributed by atoms with Crippen molar-refractivity contribution in [2.24, 2.45) is 0 Å². The second-order valence-corrected chi connectivity index (χ2v) is 10.9. The average molecular weight is 578 g/mol. The quantitative estimate of drug-likeness (QED) is 0.197. The van der Waals surface area contributed by atoms with Crippen LogP contribution in [-0.2, 0) is 0 Å². The highest BCUT2D eigenvalue weighted by Gasteiger charge is 2.13. The Labute approximate surface area is 261 Å². The summed E-state index contributed by atoms with van der Waals surface area (Å²) in [6.07, 6.45) is 4.09. The molecule has 45 heavy (non-hydrogen) atoms. The fourth-order valence-corrected chi connectivity index (χ4v) is 5.53. The lowest BCUT2D eigenvalue weighted by Crippen LogP contribution is -2.00.